The molecule has 0 fully saturated rings. The van der Waals surface area contributed by atoms with Crippen molar-refractivity contribution >= 4 is 17.2 Å². The molecule has 3 N–H and O–H groups in total. The number of aromatic carboxylic acids is 1. The first-order valence-corrected chi connectivity index (χ1v) is 5.04. The lowest BCUT2D eigenvalue weighted by Crippen LogP contribution is -2.05. The highest BCUT2D eigenvalue weighted by Crippen LogP contribution is 2.16. The normalized spacial score (nSPS) is 10.9. The predicted octanol–water partition coefficient (Wildman–Crippen LogP) is 0.195. The zero-order valence-electron chi connectivity index (χ0n) is 9.06. The van der Waals surface area contributed by atoms with Gasteiger partial charge in [-0.25, -0.2) is 19.0 Å². The minimum absolute atomic E-state index is 0.0887. The Morgan fingerprint density at radius 2 is 2.22 bits per heavy atom. The molecule has 3 rings (SSSR count). The number of anilines is 1. The second-order valence-electron chi connectivity index (χ2n) is 3.59. The van der Waals surface area contributed by atoms with Gasteiger partial charge in [0.2, 0.25) is 0 Å². The Morgan fingerprint density at radius 3 is 2.94 bits per heavy atom. The molecule has 90 valence electrons. The molecule has 8 nitrogen and oxygen atoms in total. The molecule has 3 aromatic rings. The molecule has 0 saturated heterocycles. The first-order valence-electron chi connectivity index (χ1n) is 5.04. The molecule has 3 aromatic heterocycles. The van der Waals surface area contributed by atoms with Crippen LogP contribution in [0.4, 0.5) is 5.69 Å². The van der Waals surface area contributed by atoms with Crippen LogP contribution in [-0.4, -0.2) is 35.5 Å². The number of hydrogen-bond donors (Lipinski definition) is 2. The van der Waals surface area contributed by atoms with Crippen molar-refractivity contribution in [2.75, 3.05) is 5.73 Å². The molecule has 0 aliphatic carbocycles. The van der Waals surface area contributed by atoms with Crippen LogP contribution in [0.15, 0.2) is 30.9 Å². The van der Waals surface area contributed by atoms with Gasteiger partial charge in [-0.15, -0.1) is 0 Å². The molecule has 0 aliphatic rings. The SMILES string of the molecule is Nc1cn(-c2nccn3nccc23)nc1C(=O)O. The number of fused-ring (bicyclic) bond motifs is 1. The summed E-state index contributed by atoms with van der Waals surface area (Å²) in [5.74, 6) is -0.707. The summed E-state index contributed by atoms with van der Waals surface area (Å²) in [6.07, 6.45) is 6.27. The third kappa shape index (κ3) is 1.39. The Balaban J connectivity index is 2.23. The van der Waals surface area contributed by atoms with Crippen LogP contribution < -0.4 is 5.73 Å². The maximum Gasteiger partial charge on any atom is 0.358 e. The number of nitrogens with two attached hydrogens (primary N) is 1. The second-order valence-corrected chi connectivity index (χ2v) is 3.59. The summed E-state index contributed by atoms with van der Waals surface area (Å²) in [7, 11) is 0. The largest absolute Gasteiger partial charge is 0.476 e. The van der Waals surface area contributed by atoms with Gasteiger partial charge in [-0.05, 0) is 6.07 Å². The molecular formula is C10H8N6O2. The van der Waals surface area contributed by atoms with Gasteiger partial charge in [0.25, 0.3) is 0 Å². The average Bonchev–Trinajstić information content (AvgIpc) is 2.94. The van der Waals surface area contributed by atoms with Crippen LogP contribution in [0.2, 0.25) is 0 Å². The number of aromatic nitrogens is 5. The predicted molar refractivity (Wildman–Crippen MR) is 61.5 cm³/mol. The van der Waals surface area contributed by atoms with E-state index in [2.05, 4.69) is 15.2 Å². The maximum absolute atomic E-state index is 10.9. The molecule has 8 heteroatoms. The summed E-state index contributed by atoms with van der Waals surface area (Å²) in [4.78, 5) is 15.0. The quantitative estimate of drug-likeness (QED) is 0.665. The summed E-state index contributed by atoms with van der Waals surface area (Å²) in [6, 6.07) is 1.75. The summed E-state index contributed by atoms with van der Waals surface area (Å²) in [5.41, 5.74) is 6.18. The van der Waals surface area contributed by atoms with E-state index in [0.29, 0.717) is 11.3 Å². The first-order chi connectivity index (χ1) is 8.66. The fourth-order valence-electron chi connectivity index (χ4n) is 1.68. The third-order valence-electron chi connectivity index (χ3n) is 2.47. The number of carbonyl (C=O) groups is 1. The van der Waals surface area contributed by atoms with Gasteiger partial charge in [0, 0.05) is 12.4 Å². The molecular weight excluding hydrogens is 236 g/mol. The summed E-state index contributed by atoms with van der Waals surface area (Å²) >= 11 is 0. The molecule has 0 saturated carbocycles. The smallest absolute Gasteiger partial charge is 0.358 e. The molecule has 0 spiro atoms. The van der Waals surface area contributed by atoms with Crippen molar-refractivity contribution in [2.24, 2.45) is 0 Å². The van der Waals surface area contributed by atoms with Crippen molar-refractivity contribution < 1.29 is 9.90 Å². The molecule has 18 heavy (non-hydrogen) atoms. The van der Waals surface area contributed by atoms with Crippen LogP contribution in [0, 0.1) is 0 Å². The van der Waals surface area contributed by atoms with Crippen molar-refractivity contribution in [3.8, 4) is 5.82 Å². The lowest BCUT2D eigenvalue weighted by atomic mass is 10.4. The number of nitrogen functional groups attached to an aromatic ring is 1. The maximum atomic E-state index is 10.9. The summed E-state index contributed by atoms with van der Waals surface area (Å²) < 4.78 is 2.94. The average molecular weight is 244 g/mol. The van der Waals surface area contributed by atoms with E-state index >= 15 is 0 Å². The fraction of sp³-hybridized carbons (Fsp3) is 0. The Hall–Kier alpha value is -2.90. The van der Waals surface area contributed by atoms with Gasteiger partial charge in [0.15, 0.2) is 11.5 Å². The van der Waals surface area contributed by atoms with Gasteiger partial charge in [0.05, 0.1) is 18.1 Å². The van der Waals surface area contributed by atoms with E-state index in [9.17, 15) is 4.79 Å². The van der Waals surface area contributed by atoms with Crippen LogP contribution in [0.5, 0.6) is 0 Å². The van der Waals surface area contributed by atoms with Gasteiger partial charge >= 0.3 is 5.97 Å². The highest BCUT2D eigenvalue weighted by molar-refractivity contribution is 5.91. The zero-order chi connectivity index (χ0) is 12.7. The number of carboxylic acid groups (broad SMARTS) is 1. The van der Waals surface area contributed by atoms with Gasteiger partial charge in [-0.3, -0.25) is 0 Å². The van der Waals surface area contributed by atoms with Crippen molar-refractivity contribution in [3.05, 3.63) is 36.5 Å². The zero-order valence-corrected chi connectivity index (χ0v) is 9.06. The molecule has 0 amide bonds. The van der Waals surface area contributed by atoms with Gasteiger partial charge in [0.1, 0.15) is 5.52 Å². The topological polar surface area (TPSA) is 111 Å². The van der Waals surface area contributed by atoms with Crippen molar-refractivity contribution in [1.29, 1.82) is 0 Å². The van der Waals surface area contributed by atoms with Crippen molar-refractivity contribution in [3.63, 3.8) is 0 Å². The lowest BCUT2D eigenvalue weighted by Gasteiger charge is -2.01. The van der Waals surface area contributed by atoms with Gasteiger partial charge in [-0.2, -0.15) is 10.2 Å². The van der Waals surface area contributed by atoms with Crippen LogP contribution >= 0.6 is 0 Å². The minimum Gasteiger partial charge on any atom is -0.476 e. The Kier molecular flexibility index (Phi) is 2.03. The Labute approximate surface area is 100 Å². The Bertz CT molecular complexity index is 744. The molecule has 0 radical (unpaired) electrons. The molecule has 0 aromatic carbocycles. The number of hydrogen-bond acceptors (Lipinski definition) is 5. The number of carboxylic acids is 1. The molecule has 0 unspecified atom stereocenters. The summed E-state index contributed by atoms with van der Waals surface area (Å²) in [5, 5.41) is 16.9. The molecule has 3 heterocycles. The first kappa shape index (κ1) is 10.3. The minimum atomic E-state index is -1.17. The molecule has 0 aliphatic heterocycles. The van der Waals surface area contributed by atoms with E-state index in [-0.39, 0.29) is 11.4 Å². The number of nitrogens with zero attached hydrogens (tertiary/aromatic N) is 5. The molecule has 0 atom stereocenters. The Morgan fingerprint density at radius 1 is 1.39 bits per heavy atom. The van der Waals surface area contributed by atoms with E-state index in [1.807, 2.05) is 0 Å². The highest BCUT2D eigenvalue weighted by atomic mass is 16.4. The van der Waals surface area contributed by atoms with E-state index < -0.39 is 5.97 Å². The molecule has 0 bridgehead atoms. The standard InChI is InChI=1S/C10H8N6O2/c11-6-5-16(14-8(6)10(17)18)9-7-1-2-13-15(7)4-3-12-9/h1-5H,11H2,(H,17,18). The monoisotopic (exact) mass is 244 g/mol. The van der Waals surface area contributed by atoms with Crippen LogP contribution in [0.25, 0.3) is 11.3 Å². The van der Waals surface area contributed by atoms with E-state index in [1.54, 1.807) is 29.2 Å². The van der Waals surface area contributed by atoms with E-state index in [1.165, 1.54) is 10.9 Å². The lowest BCUT2D eigenvalue weighted by molar-refractivity contribution is 0.0691. The van der Waals surface area contributed by atoms with Crippen molar-refractivity contribution in [2.45, 2.75) is 0 Å². The van der Waals surface area contributed by atoms with Crippen molar-refractivity contribution in [1.82, 2.24) is 24.4 Å². The third-order valence-corrected chi connectivity index (χ3v) is 2.47. The van der Waals surface area contributed by atoms with Crippen LogP contribution in [0.3, 0.4) is 0 Å². The van der Waals surface area contributed by atoms with Gasteiger partial charge < -0.3 is 10.8 Å². The van der Waals surface area contributed by atoms with Crippen LogP contribution in [-0.2, 0) is 0 Å². The second kappa shape index (κ2) is 3.55. The van der Waals surface area contributed by atoms with Crippen LogP contribution in [0.1, 0.15) is 10.5 Å². The highest BCUT2D eigenvalue weighted by Gasteiger charge is 2.15. The van der Waals surface area contributed by atoms with E-state index in [0.717, 1.165) is 0 Å². The fourth-order valence-corrected chi connectivity index (χ4v) is 1.68. The van der Waals surface area contributed by atoms with E-state index in [4.69, 9.17) is 10.8 Å². The summed E-state index contributed by atoms with van der Waals surface area (Å²) in [6.45, 7) is 0. The number of rotatable bonds is 2. The van der Waals surface area contributed by atoms with Gasteiger partial charge in [-0.1, -0.05) is 0 Å².